The van der Waals surface area contributed by atoms with Crippen LogP contribution in [0.5, 0.6) is 0 Å². The fourth-order valence-electron chi connectivity index (χ4n) is 3.33. The number of benzene rings is 2. The lowest BCUT2D eigenvalue weighted by molar-refractivity contribution is -0.129. The number of likely N-dealkylation sites (tertiary alicyclic amines) is 1. The van der Waals surface area contributed by atoms with E-state index in [1.807, 2.05) is 33.8 Å². The van der Waals surface area contributed by atoms with Gasteiger partial charge in [0.2, 0.25) is 5.91 Å². The molecule has 0 saturated carbocycles. The molecule has 128 valence electrons. The monoisotopic (exact) mass is 352 g/mol. The van der Waals surface area contributed by atoms with E-state index < -0.39 is 0 Å². The number of aryl methyl sites for hydroxylation is 1. The number of nitrogens with zero attached hydrogens (tertiary/aromatic N) is 4. The lowest BCUT2D eigenvalue weighted by atomic mass is 10.2. The second kappa shape index (κ2) is 6.88. The molecule has 0 spiro atoms. The Morgan fingerprint density at radius 2 is 1.96 bits per heavy atom. The van der Waals surface area contributed by atoms with Crippen LogP contribution in [-0.2, 0) is 4.79 Å². The molecule has 1 fully saturated rings. The predicted molar refractivity (Wildman–Crippen MR) is 99.4 cm³/mol. The summed E-state index contributed by atoms with van der Waals surface area (Å²) in [6, 6.07) is 16.3. The highest BCUT2D eigenvalue weighted by Crippen LogP contribution is 2.31. The number of fused-ring (bicyclic) bond motifs is 1. The van der Waals surface area contributed by atoms with E-state index in [9.17, 15) is 4.79 Å². The molecule has 1 atom stereocenters. The summed E-state index contributed by atoms with van der Waals surface area (Å²) in [6.07, 6.45) is 1.34. The van der Waals surface area contributed by atoms with Crippen molar-refractivity contribution < 1.29 is 4.79 Å². The summed E-state index contributed by atoms with van der Waals surface area (Å²) in [6.45, 7) is 2.84. The SMILES string of the molecule is Cc1ccccc1SCCN1C(=O)CCC1n1nnc2ccccc21. The molecule has 0 aliphatic carbocycles. The Balaban J connectivity index is 1.50. The van der Waals surface area contributed by atoms with Crippen molar-refractivity contribution in [2.75, 3.05) is 12.3 Å². The zero-order valence-corrected chi connectivity index (χ0v) is 14.9. The molecule has 1 unspecified atom stereocenters. The molecular formula is C19H20N4OS. The van der Waals surface area contributed by atoms with E-state index in [4.69, 9.17) is 0 Å². The van der Waals surface area contributed by atoms with Gasteiger partial charge >= 0.3 is 0 Å². The maximum Gasteiger partial charge on any atom is 0.224 e. The van der Waals surface area contributed by atoms with Gasteiger partial charge in [-0.25, -0.2) is 4.68 Å². The molecule has 25 heavy (non-hydrogen) atoms. The first-order chi connectivity index (χ1) is 12.2. The van der Waals surface area contributed by atoms with Crippen molar-refractivity contribution in [2.45, 2.75) is 30.8 Å². The van der Waals surface area contributed by atoms with Crippen LogP contribution >= 0.6 is 11.8 Å². The predicted octanol–water partition coefficient (Wildman–Crippen LogP) is 3.65. The Morgan fingerprint density at radius 1 is 1.16 bits per heavy atom. The van der Waals surface area contributed by atoms with Crippen LogP contribution in [0.1, 0.15) is 24.6 Å². The number of hydrogen-bond donors (Lipinski definition) is 0. The second-order valence-corrected chi connectivity index (χ2v) is 7.38. The molecule has 1 amide bonds. The molecule has 6 heteroatoms. The van der Waals surface area contributed by atoms with E-state index in [-0.39, 0.29) is 12.1 Å². The van der Waals surface area contributed by atoms with Crippen molar-refractivity contribution in [3.05, 3.63) is 54.1 Å². The third-order valence-electron chi connectivity index (χ3n) is 4.64. The fourth-order valence-corrected chi connectivity index (χ4v) is 4.30. The van der Waals surface area contributed by atoms with Gasteiger partial charge in [-0.05, 0) is 37.1 Å². The van der Waals surface area contributed by atoms with E-state index in [1.165, 1.54) is 10.5 Å². The first-order valence-electron chi connectivity index (χ1n) is 8.52. The first-order valence-corrected chi connectivity index (χ1v) is 9.50. The summed E-state index contributed by atoms with van der Waals surface area (Å²) in [4.78, 5) is 15.6. The molecule has 0 N–H and O–H groups in total. The van der Waals surface area contributed by atoms with E-state index in [0.717, 1.165) is 29.8 Å². The Hall–Kier alpha value is -2.34. The van der Waals surface area contributed by atoms with Crippen LogP contribution in [0.2, 0.25) is 0 Å². The van der Waals surface area contributed by atoms with Crippen LogP contribution in [0, 0.1) is 6.92 Å². The van der Waals surface area contributed by atoms with Gasteiger partial charge in [0.05, 0.1) is 5.52 Å². The highest BCUT2D eigenvalue weighted by atomic mass is 32.2. The highest BCUT2D eigenvalue weighted by Gasteiger charge is 2.33. The number of para-hydroxylation sites is 1. The molecule has 1 aromatic heterocycles. The third kappa shape index (κ3) is 3.14. The largest absolute Gasteiger partial charge is 0.319 e. The Labute approximate surface area is 151 Å². The quantitative estimate of drug-likeness (QED) is 0.658. The number of thioether (sulfide) groups is 1. The molecule has 1 aliphatic heterocycles. The molecular weight excluding hydrogens is 332 g/mol. The Bertz CT molecular complexity index is 907. The minimum atomic E-state index is -0.0302. The Kier molecular flexibility index (Phi) is 4.44. The van der Waals surface area contributed by atoms with Gasteiger partial charge in [0.1, 0.15) is 11.7 Å². The fraction of sp³-hybridized carbons (Fsp3) is 0.316. The van der Waals surface area contributed by atoms with E-state index >= 15 is 0 Å². The molecule has 4 rings (SSSR count). The molecule has 2 aromatic carbocycles. The number of amides is 1. The lowest BCUT2D eigenvalue weighted by Crippen LogP contribution is -2.33. The topological polar surface area (TPSA) is 51.0 Å². The van der Waals surface area contributed by atoms with Crippen LogP contribution in [0.15, 0.2) is 53.4 Å². The molecule has 2 heterocycles. The minimum absolute atomic E-state index is 0.0302. The van der Waals surface area contributed by atoms with Crippen molar-refractivity contribution >= 4 is 28.7 Å². The highest BCUT2D eigenvalue weighted by molar-refractivity contribution is 7.99. The van der Waals surface area contributed by atoms with Gasteiger partial charge in [-0.1, -0.05) is 35.5 Å². The van der Waals surface area contributed by atoms with Gasteiger partial charge in [0, 0.05) is 23.6 Å². The summed E-state index contributed by atoms with van der Waals surface area (Å²) in [5.41, 5.74) is 3.13. The van der Waals surface area contributed by atoms with Crippen molar-refractivity contribution in [1.82, 2.24) is 19.9 Å². The maximum absolute atomic E-state index is 12.4. The van der Waals surface area contributed by atoms with Gasteiger partial charge < -0.3 is 4.90 Å². The van der Waals surface area contributed by atoms with Gasteiger partial charge in [0.15, 0.2) is 0 Å². The van der Waals surface area contributed by atoms with Crippen molar-refractivity contribution in [2.24, 2.45) is 0 Å². The van der Waals surface area contributed by atoms with Gasteiger partial charge in [-0.15, -0.1) is 16.9 Å². The van der Waals surface area contributed by atoms with Crippen molar-refractivity contribution in [3.8, 4) is 0 Å². The summed E-state index contributed by atoms with van der Waals surface area (Å²) in [7, 11) is 0. The number of carbonyl (C=O) groups excluding carboxylic acids is 1. The summed E-state index contributed by atoms with van der Waals surface area (Å²) in [5, 5.41) is 8.54. The molecule has 1 saturated heterocycles. The smallest absolute Gasteiger partial charge is 0.224 e. The van der Waals surface area contributed by atoms with Crippen LogP contribution in [0.3, 0.4) is 0 Å². The molecule has 3 aromatic rings. The maximum atomic E-state index is 12.4. The Morgan fingerprint density at radius 3 is 2.84 bits per heavy atom. The second-order valence-electron chi connectivity index (χ2n) is 6.24. The van der Waals surface area contributed by atoms with Crippen molar-refractivity contribution in [3.63, 3.8) is 0 Å². The van der Waals surface area contributed by atoms with E-state index in [0.29, 0.717) is 6.42 Å². The van der Waals surface area contributed by atoms with E-state index in [2.05, 4.69) is 41.5 Å². The number of rotatable bonds is 5. The average Bonchev–Trinajstić information content (AvgIpc) is 3.20. The molecule has 5 nitrogen and oxygen atoms in total. The first kappa shape index (κ1) is 16.1. The zero-order chi connectivity index (χ0) is 17.2. The molecule has 0 bridgehead atoms. The third-order valence-corrected chi connectivity index (χ3v) is 5.80. The standard InChI is InChI=1S/C19H20N4OS/c1-14-6-2-5-9-17(14)25-13-12-22-18(10-11-19(22)24)23-16-8-4-3-7-15(16)20-21-23/h2-9,18H,10-13H2,1H3. The summed E-state index contributed by atoms with van der Waals surface area (Å²) >= 11 is 1.80. The van der Waals surface area contributed by atoms with Gasteiger partial charge in [-0.3, -0.25) is 4.79 Å². The average molecular weight is 352 g/mol. The van der Waals surface area contributed by atoms with E-state index in [1.54, 1.807) is 11.8 Å². The van der Waals surface area contributed by atoms with Crippen LogP contribution in [-0.4, -0.2) is 38.1 Å². The molecule has 1 aliphatic rings. The summed E-state index contributed by atoms with van der Waals surface area (Å²) < 4.78 is 1.90. The summed E-state index contributed by atoms with van der Waals surface area (Å²) in [5.74, 6) is 1.08. The number of aromatic nitrogens is 3. The zero-order valence-electron chi connectivity index (χ0n) is 14.1. The van der Waals surface area contributed by atoms with Crippen LogP contribution in [0.4, 0.5) is 0 Å². The lowest BCUT2D eigenvalue weighted by Gasteiger charge is -2.25. The molecule has 0 radical (unpaired) electrons. The number of hydrogen-bond acceptors (Lipinski definition) is 4. The normalized spacial score (nSPS) is 17.6. The van der Waals surface area contributed by atoms with Crippen molar-refractivity contribution in [1.29, 1.82) is 0 Å². The van der Waals surface area contributed by atoms with Crippen LogP contribution < -0.4 is 0 Å². The van der Waals surface area contributed by atoms with Crippen LogP contribution in [0.25, 0.3) is 11.0 Å². The van der Waals surface area contributed by atoms with Gasteiger partial charge in [0.25, 0.3) is 0 Å². The number of carbonyl (C=O) groups is 1. The van der Waals surface area contributed by atoms with Gasteiger partial charge in [-0.2, -0.15) is 0 Å². The minimum Gasteiger partial charge on any atom is -0.319 e.